The van der Waals surface area contributed by atoms with Gasteiger partial charge in [0.15, 0.2) is 0 Å². The first-order valence-electron chi connectivity index (χ1n) is 14.6. The van der Waals surface area contributed by atoms with Crippen molar-refractivity contribution in [1.29, 1.82) is 0 Å². The van der Waals surface area contributed by atoms with Crippen LogP contribution >= 0.6 is 0 Å². The summed E-state index contributed by atoms with van der Waals surface area (Å²) < 4.78 is 134. The van der Waals surface area contributed by atoms with Crippen molar-refractivity contribution >= 4 is 91.5 Å². The van der Waals surface area contributed by atoms with E-state index in [1.54, 1.807) is 18.2 Å². The quantitative estimate of drug-likeness (QED) is 0.0643. The van der Waals surface area contributed by atoms with Gasteiger partial charge in [-0.3, -0.25) is 18.2 Å². The number of anilines is 1. The van der Waals surface area contributed by atoms with Crippen LogP contribution in [-0.4, -0.2) is 72.8 Å². The molecule has 0 aliphatic heterocycles. The molecule has 0 aliphatic carbocycles. The zero-order valence-corrected chi connectivity index (χ0v) is 29.7. The van der Waals surface area contributed by atoms with Crippen molar-refractivity contribution in [2.75, 3.05) is 11.2 Å². The Morgan fingerprint density at radius 1 is 0.604 bits per heavy atom. The molecule has 6 rings (SSSR count). The summed E-state index contributed by atoms with van der Waals surface area (Å²) in [6.45, 7) is 0. The van der Waals surface area contributed by atoms with E-state index in [4.69, 9.17) is 4.55 Å². The van der Waals surface area contributed by atoms with E-state index < -0.39 is 61.0 Å². The lowest BCUT2D eigenvalue weighted by atomic mass is 10.1. The Labute approximate surface area is 301 Å². The van der Waals surface area contributed by atoms with E-state index in [0.29, 0.717) is 11.1 Å². The van der Waals surface area contributed by atoms with Crippen LogP contribution < -0.4 is 5.32 Å². The number of fused-ring (bicyclic) bond motifs is 3. The summed E-state index contributed by atoms with van der Waals surface area (Å²) in [5.41, 5.74) is 0.765. The van der Waals surface area contributed by atoms with Crippen LogP contribution in [0.4, 0.5) is 17.1 Å². The van der Waals surface area contributed by atoms with Crippen molar-refractivity contribution in [2.45, 2.75) is 14.7 Å². The Hall–Kier alpha value is -5.46. The number of benzene rings is 5. The van der Waals surface area contributed by atoms with Gasteiger partial charge >= 0.3 is 0 Å². The van der Waals surface area contributed by atoms with E-state index in [0.717, 1.165) is 23.0 Å². The van der Waals surface area contributed by atoms with Gasteiger partial charge in [-0.2, -0.15) is 48.7 Å². The molecule has 0 fully saturated rings. The summed E-state index contributed by atoms with van der Waals surface area (Å²) in [7, 11) is -18.7. The van der Waals surface area contributed by atoms with Gasteiger partial charge in [-0.1, -0.05) is 48.6 Å². The molecule has 0 spiro atoms. The van der Waals surface area contributed by atoms with Crippen molar-refractivity contribution < 1.29 is 51.9 Å². The van der Waals surface area contributed by atoms with Crippen LogP contribution in [0.3, 0.4) is 0 Å². The zero-order chi connectivity index (χ0) is 38.3. The van der Waals surface area contributed by atoms with Crippen LogP contribution in [0.2, 0.25) is 0 Å². The third-order valence-corrected chi connectivity index (χ3v) is 10.7. The maximum absolute atomic E-state index is 12.5. The molecule has 0 amide bonds. The molecule has 0 unspecified atom stereocenters. The molecule has 1 aromatic heterocycles. The third-order valence-electron chi connectivity index (χ3n) is 7.46. The van der Waals surface area contributed by atoms with Gasteiger partial charge < -0.3 is 5.32 Å². The number of azo groups is 1. The van der Waals surface area contributed by atoms with Gasteiger partial charge in [0.1, 0.15) is 31.6 Å². The van der Waals surface area contributed by atoms with Gasteiger partial charge in [-0.25, -0.2) is 0 Å². The number of aromatic nitrogens is 3. The number of hydrogen-bond donors (Lipinski definition) is 5. The van der Waals surface area contributed by atoms with E-state index >= 15 is 0 Å². The maximum Gasteiger partial charge on any atom is 0.295 e. The van der Waals surface area contributed by atoms with Crippen LogP contribution in [0.1, 0.15) is 11.1 Å². The lowest BCUT2D eigenvalue weighted by molar-refractivity contribution is 0.480. The zero-order valence-electron chi connectivity index (χ0n) is 26.4. The molecule has 5 N–H and O–H groups in total. The lowest BCUT2D eigenvalue weighted by Crippen LogP contribution is -2.12. The molecule has 18 nitrogen and oxygen atoms in total. The van der Waals surface area contributed by atoms with Crippen LogP contribution in [-0.2, 0) is 40.5 Å². The molecule has 0 bridgehead atoms. The normalized spacial score (nSPS) is 13.1. The number of nitrogens with one attached hydrogen (secondary N) is 1. The Morgan fingerprint density at radius 3 is 1.75 bits per heavy atom. The molecule has 0 saturated heterocycles. The SMILES string of the molecule is O=S(=O)(O)CNc1ccc(N=Nc2ccc(/C=C/c3ccc(-n4nc5cc(S(=O)(=O)O)c6ccccc6c5n4)cc3S(=O)(=O)O)c(S(=O)(=O)O)c2)cc1. The molecule has 274 valence electrons. The Kier molecular flexibility index (Phi) is 9.73. The van der Waals surface area contributed by atoms with E-state index in [1.807, 2.05) is 0 Å². The molecule has 0 aliphatic rings. The summed E-state index contributed by atoms with van der Waals surface area (Å²) in [6, 6.07) is 20.5. The molecule has 0 saturated carbocycles. The Bertz CT molecular complexity index is 2950. The van der Waals surface area contributed by atoms with E-state index in [9.17, 15) is 47.3 Å². The maximum atomic E-state index is 12.5. The summed E-state index contributed by atoms with van der Waals surface area (Å²) in [5, 5.41) is 19.6. The predicted molar refractivity (Wildman–Crippen MR) is 192 cm³/mol. The van der Waals surface area contributed by atoms with E-state index in [2.05, 4.69) is 25.7 Å². The fraction of sp³-hybridized carbons (Fsp3) is 0.0323. The molecule has 1 heterocycles. The highest BCUT2D eigenvalue weighted by molar-refractivity contribution is 7.86. The first-order valence-corrected chi connectivity index (χ1v) is 20.6. The van der Waals surface area contributed by atoms with Gasteiger partial charge in [0.25, 0.3) is 40.5 Å². The number of hydrogen-bond acceptors (Lipinski definition) is 13. The average molecular weight is 801 g/mol. The Balaban J connectivity index is 1.32. The van der Waals surface area contributed by atoms with Gasteiger partial charge in [0.2, 0.25) is 0 Å². The second-order valence-corrected chi connectivity index (χ2v) is 16.8. The van der Waals surface area contributed by atoms with Crippen LogP contribution in [0.5, 0.6) is 0 Å². The Morgan fingerprint density at radius 2 is 1.15 bits per heavy atom. The highest BCUT2D eigenvalue weighted by atomic mass is 32.2. The van der Waals surface area contributed by atoms with Crippen molar-refractivity contribution in [3.05, 3.63) is 102 Å². The smallest absolute Gasteiger partial charge is 0.295 e. The minimum Gasteiger partial charge on any atom is -0.370 e. The molecule has 6 aromatic rings. The second-order valence-electron chi connectivity index (χ2n) is 11.1. The largest absolute Gasteiger partial charge is 0.370 e. The van der Waals surface area contributed by atoms with E-state index in [1.165, 1.54) is 66.7 Å². The van der Waals surface area contributed by atoms with Crippen molar-refractivity contribution in [1.82, 2.24) is 15.0 Å². The van der Waals surface area contributed by atoms with Gasteiger partial charge in [-0.15, -0.1) is 10.2 Å². The van der Waals surface area contributed by atoms with Crippen LogP contribution in [0.25, 0.3) is 39.6 Å². The summed E-state index contributed by atoms with van der Waals surface area (Å²) in [4.78, 5) is -0.641. The van der Waals surface area contributed by atoms with Gasteiger partial charge in [0.05, 0.1) is 17.1 Å². The topological polar surface area (TPSA) is 285 Å². The first kappa shape index (κ1) is 37.3. The molecule has 53 heavy (non-hydrogen) atoms. The molecule has 0 atom stereocenters. The molecular weight excluding hydrogens is 777 g/mol. The van der Waals surface area contributed by atoms with Crippen molar-refractivity contribution in [3.8, 4) is 5.69 Å². The molecule has 0 radical (unpaired) electrons. The summed E-state index contributed by atoms with van der Waals surface area (Å²) in [6.07, 6.45) is 2.35. The molecule has 22 heteroatoms. The minimum atomic E-state index is -4.92. The minimum absolute atomic E-state index is 0.00178. The fourth-order valence-electron chi connectivity index (χ4n) is 5.11. The summed E-state index contributed by atoms with van der Waals surface area (Å²) in [5.74, 6) is -0.710. The van der Waals surface area contributed by atoms with E-state index in [-0.39, 0.29) is 44.6 Å². The monoisotopic (exact) mass is 800 g/mol. The standard InChI is InChI=1S/C31H24N6O12S4/c38-50(39,40)18-32-21-10-12-22(13-11-21)33-34-23-9-7-19(28(15-23)51(41,42)43)5-6-20-8-14-24(16-29(20)52(44,45)46)37-35-27-17-30(53(47,48)49)25-3-1-2-4-26(25)31(27)36-37/h1-17,32H,18H2,(H,38,39,40)(H,41,42,43)(H,44,45,46)(H,47,48,49)/b6-5+,34-33?. The fourth-order valence-corrected chi connectivity index (χ4v) is 7.59. The highest BCUT2D eigenvalue weighted by Crippen LogP contribution is 2.31. The van der Waals surface area contributed by atoms with Crippen molar-refractivity contribution in [2.24, 2.45) is 10.2 Å². The molecule has 5 aromatic carbocycles. The lowest BCUT2D eigenvalue weighted by Gasteiger charge is -2.08. The van der Waals surface area contributed by atoms with Crippen molar-refractivity contribution in [3.63, 3.8) is 0 Å². The van der Waals surface area contributed by atoms with Gasteiger partial charge in [0, 0.05) is 16.5 Å². The van der Waals surface area contributed by atoms with Crippen LogP contribution in [0, 0.1) is 0 Å². The average Bonchev–Trinajstić information content (AvgIpc) is 3.52. The predicted octanol–water partition coefficient (Wildman–Crippen LogP) is 5.16. The third kappa shape index (κ3) is 8.61. The second kappa shape index (κ2) is 13.8. The highest BCUT2D eigenvalue weighted by Gasteiger charge is 2.21. The van der Waals surface area contributed by atoms with Gasteiger partial charge in [-0.05, 0) is 65.7 Å². The number of nitrogens with zero attached hydrogens (tertiary/aromatic N) is 5. The number of rotatable bonds is 11. The molecular formula is C31H24N6O12S4. The first-order chi connectivity index (χ1) is 24.8. The van der Waals surface area contributed by atoms with Crippen LogP contribution in [0.15, 0.2) is 116 Å². The summed E-state index contributed by atoms with van der Waals surface area (Å²) >= 11 is 0.